The van der Waals surface area contributed by atoms with Crippen LogP contribution in [0, 0.1) is 25.7 Å². The summed E-state index contributed by atoms with van der Waals surface area (Å²) < 4.78 is 0. The number of likely N-dealkylation sites (tertiary alicyclic amines) is 1. The van der Waals surface area contributed by atoms with Crippen LogP contribution in [0.15, 0.2) is 18.2 Å². The Morgan fingerprint density at radius 1 is 1.42 bits per heavy atom. The zero-order chi connectivity index (χ0) is 14.0. The van der Waals surface area contributed by atoms with Gasteiger partial charge in [0.25, 0.3) is 5.91 Å². The van der Waals surface area contributed by atoms with E-state index in [9.17, 15) is 4.79 Å². The smallest absolute Gasteiger partial charge is 0.254 e. The maximum Gasteiger partial charge on any atom is 0.254 e. The van der Waals surface area contributed by atoms with Crippen LogP contribution in [0.4, 0.5) is 0 Å². The molecule has 1 amide bonds. The van der Waals surface area contributed by atoms with Gasteiger partial charge < -0.3 is 10.6 Å². The monoisotopic (exact) mass is 260 g/mol. The summed E-state index contributed by atoms with van der Waals surface area (Å²) >= 11 is 0. The molecule has 1 aliphatic rings. The van der Waals surface area contributed by atoms with Gasteiger partial charge >= 0.3 is 0 Å². The highest BCUT2D eigenvalue weighted by molar-refractivity contribution is 5.96. The van der Waals surface area contributed by atoms with E-state index in [1.807, 2.05) is 36.9 Å². The Bertz CT molecular complexity index is 470. The summed E-state index contributed by atoms with van der Waals surface area (Å²) in [6.07, 6.45) is 1.05. The summed E-state index contributed by atoms with van der Waals surface area (Å²) in [5.41, 5.74) is 8.91. The summed E-state index contributed by atoms with van der Waals surface area (Å²) in [5.74, 6) is 1.21. The van der Waals surface area contributed by atoms with Crippen LogP contribution in [-0.2, 0) is 0 Å². The number of aryl methyl sites for hydroxylation is 1. The van der Waals surface area contributed by atoms with Crippen molar-refractivity contribution >= 4 is 5.91 Å². The maximum atomic E-state index is 12.6. The fourth-order valence-corrected chi connectivity index (χ4v) is 2.79. The number of piperidine rings is 1. The van der Waals surface area contributed by atoms with Crippen molar-refractivity contribution in [1.82, 2.24) is 4.90 Å². The van der Waals surface area contributed by atoms with Crippen LogP contribution in [-0.4, -0.2) is 30.4 Å². The van der Waals surface area contributed by atoms with E-state index in [0.29, 0.717) is 18.4 Å². The van der Waals surface area contributed by atoms with Crippen LogP contribution in [0.1, 0.15) is 34.8 Å². The zero-order valence-electron chi connectivity index (χ0n) is 12.1. The quantitative estimate of drug-likeness (QED) is 0.887. The van der Waals surface area contributed by atoms with Gasteiger partial charge in [0.1, 0.15) is 0 Å². The molecule has 2 atom stereocenters. The lowest BCUT2D eigenvalue weighted by atomic mass is 9.86. The molecule has 0 aromatic heterocycles. The lowest BCUT2D eigenvalue weighted by molar-refractivity contribution is 0.0617. The second kappa shape index (κ2) is 5.74. The Balaban J connectivity index is 2.18. The minimum absolute atomic E-state index is 0.159. The average Bonchev–Trinajstić information content (AvgIpc) is 2.41. The Morgan fingerprint density at radius 2 is 2.16 bits per heavy atom. The maximum absolute atomic E-state index is 12.6. The van der Waals surface area contributed by atoms with E-state index in [1.165, 1.54) is 5.56 Å². The number of hydrogen-bond acceptors (Lipinski definition) is 2. The van der Waals surface area contributed by atoms with Crippen LogP contribution >= 0.6 is 0 Å². The van der Waals surface area contributed by atoms with Gasteiger partial charge in [-0.3, -0.25) is 4.79 Å². The Morgan fingerprint density at radius 3 is 2.84 bits per heavy atom. The van der Waals surface area contributed by atoms with Crippen molar-refractivity contribution in [3.05, 3.63) is 34.9 Å². The van der Waals surface area contributed by atoms with Crippen molar-refractivity contribution in [2.24, 2.45) is 17.6 Å². The predicted octanol–water partition coefficient (Wildman–Crippen LogP) is 2.36. The molecular formula is C16H24N2O. The Kier molecular flexibility index (Phi) is 4.25. The largest absolute Gasteiger partial charge is 0.338 e. The minimum atomic E-state index is 0.159. The van der Waals surface area contributed by atoms with Crippen molar-refractivity contribution in [3.63, 3.8) is 0 Å². The number of hydrogen-bond donors (Lipinski definition) is 1. The van der Waals surface area contributed by atoms with E-state index in [0.717, 1.165) is 30.6 Å². The third kappa shape index (κ3) is 2.81. The Hall–Kier alpha value is -1.35. The molecule has 19 heavy (non-hydrogen) atoms. The minimum Gasteiger partial charge on any atom is -0.338 e. The van der Waals surface area contributed by atoms with Gasteiger partial charge in [-0.15, -0.1) is 0 Å². The molecule has 1 saturated heterocycles. The van der Waals surface area contributed by atoms with Crippen molar-refractivity contribution in [2.75, 3.05) is 19.6 Å². The highest BCUT2D eigenvalue weighted by Crippen LogP contribution is 2.24. The molecule has 3 heteroatoms. The van der Waals surface area contributed by atoms with Crippen molar-refractivity contribution in [1.29, 1.82) is 0 Å². The van der Waals surface area contributed by atoms with Gasteiger partial charge in [-0.25, -0.2) is 0 Å². The number of carbonyl (C=O) groups is 1. The zero-order valence-corrected chi connectivity index (χ0v) is 12.1. The van der Waals surface area contributed by atoms with Crippen LogP contribution in [0.3, 0.4) is 0 Å². The molecule has 1 fully saturated rings. The second-order valence-electron chi connectivity index (χ2n) is 5.76. The molecular weight excluding hydrogens is 236 g/mol. The first-order valence-electron chi connectivity index (χ1n) is 7.10. The van der Waals surface area contributed by atoms with E-state index in [4.69, 9.17) is 5.73 Å². The lowest BCUT2D eigenvalue weighted by Gasteiger charge is -2.36. The summed E-state index contributed by atoms with van der Waals surface area (Å²) in [6, 6.07) is 5.94. The molecule has 3 nitrogen and oxygen atoms in total. The van der Waals surface area contributed by atoms with E-state index in [2.05, 4.69) is 6.92 Å². The first kappa shape index (κ1) is 14.1. The summed E-state index contributed by atoms with van der Waals surface area (Å²) in [6.45, 7) is 8.62. The third-order valence-electron chi connectivity index (χ3n) is 4.54. The third-order valence-corrected chi connectivity index (χ3v) is 4.54. The molecule has 0 saturated carbocycles. The van der Waals surface area contributed by atoms with E-state index in [-0.39, 0.29) is 5.91 Å². The Labute approximate surface area is 115 Å². The molecule has 1 heterocycles. The van der Waals surface area contributed by atoms with Gasteiger partial charge in [0, 0.05) is 18.7 Å². The molecule has 1 aliphatic heterocycles. The first-order chi connectivity index (χ1) is 9.04. The first-order valence-corrected chi connectivity index (χ1v) is 7.10. The van der Waals surface area contributed by atoms with Crippen LogP contribution in [0.5, 0.6) is 0 Å². The summed E-state index contributed by atoms with van der Waals surface area (Å²) in [4.78, 5) is 14.6. The number of rotatable bonds is 2. The standard InChI is InChI=1S/C16H24N2O/c1-11-5-4-6-15(13(11)3)16(19)18-8-7-12(2)14(9-17)10-18/h4-6,12,14H,7-10,17H2,1-3H3. The van der Waals surface area contributed by atoms with Crippen LogP contribution < -0.4 is 5.73 Å². The SMILES string of the molecule is Cc1cccc(C(=O)N2CCC(C)C(CN)C2)c1C. The van der Waals surface area contributed by atoms with Gasteiger partial charge in [-0.05, 0) is 55.8 Å². The van der Waals surface area contributed by atoms with Crippen molar-refractivity contribution in [2.45, 2.75) is 27.2 Å². The molecule has 1 aromatic rings. The number of nitrogens with two attached hydrogens (primary N) is 1. The van der Waals surface area contributed by atoms with Gasteiger partial charge in [0.2, 0.25) is 0 Å². The van der Waals surface area contributed by atoms with Crippen molar-refractivity contribution < 1.29 is 4.79 Å². The van der Waals surface area contributed by atoms with Gasteiger partial charge in [0.15, 0.2) is 0 Å². The molecule has 0 spiro atoms. The lowest BCUT2D eigenvalue weighted by Crippen LogP contribution is -2.45. The number of benzene rings is 1. The number of carbonyl (C=O) groups excluding carboxylic acids is 1. The molecule has 2 rings (SSSR count). The topological polar surface area (TPSA) is 46.3 Å². The van der Waals surface area contributed by atoms with E-state index < -0.39 is 0 Å². The van der Waals surface area contributed by atoms with Gasteiger partial charge in [0.05, 0.1) is 0 Å². The number of nitrogens with zero attached hydrogens (tertiary/aromatic N) is 1. The summed E-state index contributed by atoms with van der Waals surface area (Å²) in [5, 5.41) is 0. The molecule has 1 aromatic carbocycles. The fraction of sp³-hybridized carbons (Fsp3) is 0.562. The van der Waals surface area contributed by atoms with E-state index in [1.54, 1.807) is 0 Å². The van der Waals surface area contributed by atoms with E-state index >= 15 is 0 Å². The van der Waals surface area contributed by atoms with Crippen LogP contribution in [0.2, 0.25) is 0 Å². The summed E-state index contributed by atoms with van der Waals surface area (Å²) in [7, 11) is 0. The normalized spacial score (nSPS) is 23.5. The fourth-order valence-electron chi connectivity index (χ4n) is 2.79. The van der Waals surface area contributed by atoms with Gasteiger partial charge in [-0.1, -0.05) is 19.1 Å². The predicted molar refractivity (Wildman–Crippen MR) is 78.1 cm³/mol. The van der Waals surface area contributed by atoms with Crippen LogP contribution in [0.25, 0.3) is 0 Å². The van der Waals surface area contributed by atoms with Gasteiger partial charge in [-0.2, -0.15) is 0 Å². The molecule has 2 unspecified atom stereocenters. The molecule has 2 N–H and O–H groups in total. The molecule has 0 radical (unpaired) electrons. The molecule has 0 aliphatic carbocycles. The number of amides is 1. The highest BCUT2D eigenvalue weighted by atomic mass is 16.2. The van der Waals surface area contributed by atoms with Crippen molar-refractivity contribution in [3.8, 4) is 0 Å². The molecule has 104 valence electrons. The molecule has 0 bridgehead atoms. The highest BCUT2D eigenvalue weighted by Gasteiger charge is 2.28. The second-order valence-corrected chi connectivity index (χ2v) is 5.76. The average molecular weight is 260 g/mol.